The van der Waals surface area contributed by atoms with Crippen LogP contribution >= 0.6 is 12.4 Å². The van der Waals surface area contributed by atoms with Gasteiger partial charge in [-0.25, -0.2) is 13.2 Å². The Balaban J connectivity index is 0.00000433. The van der Waals surface area contributed by atoms with Crippen molar-refractivity contribution in [3.8, 4) is 6.07 Å². The minimum absolute atomic E-state index is 0. The number of rotatable bonds is 7. The monoisotopic (exact) mass is 680 g/mol. The van der Waals surface area contributed by atoms with Crippen LogP contribution in [-0.2, 0) is 21.9 Å². The number of nitriles is 1. The van der Waals surface area contributed by atoms with Crippen LogP contribution in [0.5, 0.6) is 0 Å². The highest BCUT2D eigenvalue weighted by Gasteiger charge is 2.30. The number of hydrogen-bond acceptors (Lipinski definition) is 8. The molecule has 6 rings (SSSR count). The zero-order valence-corrected chi connectivity index (χ0v) is 28.3. The number of carbonyl (C=O) groups excluding carboxylic acids is 2. The Labute approximate surface area is 281 Å². The highest BCUT2D eigenvalue weighted by atomic mass is 35.5. The van der Waals surface area contributed by atoms with Crippen molar-refractivity contribution in [1.29, 1.82) is 5.26 Å². The first kappa shape index (κ1) is 34.5. The van der Waals surface area contributed by atoms with E-state index in [0.29, 0.717) is 55.3 Å². The maximum Gasteiger partial charge on any atom is 0.329 e. The number of carbonyl (C=O) groups is 2. The van der Waals surface area contributed by atoms with Crippen LogP contribution in [0, 0.1) is 11.3 Å². The normalized spacial score (nSPS) is 19.4. The van der Waals surface area contributed by atoms with Gasteiger partial charge in [0.2, 0.25) is 15.9 Å². The average molecular weight is 681 g/mol. The number of halogens is 1. The van der Waals surface area contributed by atoms with Crippen LogP contribution in [0.1, 0.15) is 61.6 Å². The molecule has 0 aliphatic carbocycles. The van der Waals surface area contributed by atoms with E-state index in [1.807, 2.05) is 26.1 Å². The second kappa shape index (κ2) is 14.1. The fraction of sp³-hybridized carbons (Fsp3) is 0.455. The third-order valence-corrected chi connectivity index (χ3v) is 11.3. The number of piperidine rings is 2. The zero-order valence-electron chi connectivity index (χ0n) is 26.7. The van der Waals surface area contributed by atoms with Crippen LogP contribution in [0.2, 0.25) is 0 Å². The van der Waals surface area contributed by atoms with Crippen molar-refractivity contribution in [3.63, 3.8) is 0 Å². The molecule has 250 valence electrons. The Kier molecular flexibility index (Phi) is 10.4. The topological polar surface area (TPSA) is 158 Å². The molecule has 14 heteroatoms. The summed E-state index contributed by atoms with van der Waals surface area (Å²) in [6.07, 6.45) is 5.42. The van der Waals surface area contributed by atoms with E-state index in [1.54, 1.807) is 16.8 Å². The molecule has 3 aliphatic rings. The van der Waals surface area contributed by atoms with Gasteiger partial charge in [-0.3, -0.25) is 24.6 Å². The molecule has 0 spiro atoms. The molecular formula is C33H41ClN8O4S. The lowest BCUT2D eigenvalue weighted by atomic mass is 9.88. The van der Waals surface area contributed by atoms with Gasteiger partial charge in [-0.2, -0.15) is 14.7 Å². The zero-order chi connectivity index (χ0) is 32.6. The second-order valence-electron chi connectivity index (χ2n) is 12.6. The van der Waals surface area contributed by atoms with Crippen LogP contribution in [0.4, 0.5) is 10.6 Å². The molecule has 3 aromatic rings. The summed E-state index contributed by atoms with van der Waals surface area (Å²) in [5.74, 6) is 0.674. The number of benzene rings is 2. The number of aryl methyl sites for hydroxylation is 1. The summed E-state index contributed by atoms with van der Waals surface area (Å²) >= 11 is 0. The first-order valence-electron chi connectivity index (χ1n) is 15.8. The number of nitrogens with zero attached hydrogens (tertiary/aromatic N) is 6. The Hall–Kier alpha value is -3.80. The number of urea groups is 1. The van der Waals surface area contributed by atoms with Gasteiger partial charge < -0.3 is 5.73 Å². The molecule has 3 amide bonds. The number of nitrogens with two attached hydrogens (primary N) is 1. The number of hydrogen-bond donors (Lipinski definition) is 2. The molecule has 12 nitrogen and oxygen atoms in total. The van der Waals surface area contributed by atoms with Crippen molar-refractivity contribution < 1.29 is 18.0 Å². The molecule has 0 atom stereocenters. The fourth-order valence-corrected chi connectivity index (χ4v) is 8.26. The summed E-state index contributed by atoms with van der Waals surface area (Å²) in [6.45, 7) is 5.67. The van der Waals surface area contributed by atoms with Gasteiger partial charge in [-0.1, -0.05) is 17.7 Å². The van der Waals surface area contributed by atoms with Crippen molar-refractivity contribution in [2.24, 2.45) is 12.8 Å². The number of likely N-dealkylation sites (tertiary alicyclic amines) is 1. The molecule has 0 radical (unpaired) electrons. The van der Waals surface area contributed by atoms with Crippen molar-refractivity contribution in [2.75, 3.05) is 44.2 Å². The van der Waals surface area contributed by atoms with E-state index in [0.717, 1.165) is 49.0 Å². The van der Waals surface area contributed by atoms with Gasteiger partial charge in [0.15, 0.2) is 5.82 Å². The summed E-state index contributed by atoms with van der Waals surface area (Å²) < 4.78 is 29.9. The summed E-state index contributed by atoms with van der Waals surface area (Å²) in [4.78, 5) is 28.2. The first-order valence-corrected chi connectivity index (χ1v) is 17.2. The van der Waals surface area contributed by atoms with Gasteiger partial charge in [-0.15, -0.1) is 12.4 Å². The molecule has 0 bridgehead atoms. The molecule has 4 heterocycles. The van der Waals surface area contributed by atoms with Gasteiger partial charge in [0.05, 0.1) is 22.0 Å². The third-order valence-electron chi connectivity index (χ3n) is 9.38. The van der Waals surface area contributed by atoms with Crippen LogP contribution in [0.25, 0.3) is 17.0 Å². The number of imide groups is 1. The van der Waals surface area contributed by atoms with E-state index < -0.39 is 16.1 Å². The van der Waals surface area contributed by atoms with Crippen molar-refractivity contribution in [3.05, 3.63) is 58.7 Å². The SMILES string of the molecule is C/C(=C\c1cc(S(=O)(=O)N2CCC(N)CC2)ccc1C#N)CN1CCC(c2ccc3c(N4CCC(=O)NC4=O)nn(C)c3c2)CC1.Cl. The van der Waals surface area contributed by atoms with Gasteiger partial charge in [0, 0.05) is 51.1 Å². The van der Waals surface area contributed by atoms with Gasteiger partial charge in [-0.05, 0) is 93.1 Å². The number of aromatic nitrogens is 2. The van der Waals surface area contributed by atoms with E-state index in [2.05, 4.69) is 33.5 Å². The smallest absolute Gasteiger partial charge is 0.328 e. The predicted octanol–water partition coefficient (Wildman–Crippen LogP) is 3.71. The quantitative estimate of drug-likeness (QED) is 0.382. The van der Waals surface area contributed by atoms with Crippen LogP contribution in [0.15, 0.2) is 46.9 Å². The maximum atomic E-state index is 13.3. The van der Waals surface area contributed by atoms with E-state index >= 15 is 0 Å². The molecule has 3 N–H and O–H groups in total. The highest BCUT2D eigenvalue weighted by Crippen LogP contribution is 2.34. The number of anilines is 1. The minimum atomic E-state index is -3.66. The van der Waals surface area contributed by atoms with Crippen molar-refractivity contribution in [2.45, 2.75) is 55.9 Å². The number of sulfonamides is 1. The molecule has 2 aromatic carbocycles. The van der Waals surface area contributed by atoms with Crippen LogP contribution in [-0.4, -0.2) is 84.7 Å². The van der Waals surface area contributed by atoms with Gasteiger partial charge >= 0.3 is 6.03 Å². The lowest BCUT2D eigenvalue weighted by Gasteiger charge is -2.32. The predicted molar refractivity (Wildman–Crippen MR) is 183 cm³/mol. The van der Waals surface area contributed by atoms with Crippen LogP contribution < -0.4 is 16.0 Å². The Bertz CT molecular complexity index is 1850. The summed E-state index contributed by atoms with van der Waals surface area (Å²) in [6, 6.07) is 12.8. The summed E-state index contributed by atoms with van der Waals surface area (Å²) in [5, 5.41) is 17.6. The molecule has 0 unspecified atom stereocenters. The molecule has 3 aliphatic heterocycles. The summed E-state index contributed by atoms with van der Waals surface area (Å²) in [7, 11) is -1.80. The number of amides is 3. The van der Waals surface area contributed by atoms with E-state index in [-0.39, 0.29) is 35.7 Å². The molecular weight excluding hydrogens is 640 g/mol. The first-order chi connectivity index (χ1) is 22.0. The Morgan fingerprint density at radius 2 is 1.79 bits per heavy atom. The molecule has 3 fully saturated rings. The second-order valence-corrected chi connectivity index (χ2v) is 14.6. The fourth-order valence-electron chi connectivity index (χ4n) is 6.75. The van der Waals surface area contributed by atoms with E-state index in [9.17, 15) is 23.3 Å². The summed E-state index contributed by atoms with van der Waals surface area (Å²) in [5.41, 5.74) is 10.3. The largest absolute Gasteiger partial charge is 0.329 e. The molecule has 1 aromatic heterocycles. The molecule has 0 saturated carbocycles. The van der Waals surface area contributed by atoms with Crippen molar-refractivity contribution >= 4 is 57.2 Å². The van der Waals surface area contributed by atoms with Gasteiger partial charge in [0.1, 0.15) is 0 Å². The van der Waals surface area contributed by atoms with Crippen LogP contribution in [0.3, 0.4) is 0 Å². The van der Waals surface area contributed by atoms with E-state index in [4.69, 9.17) is 5.73 Å². The third kappa shape index (κ3) is 7.22. The number of fused-ring (bicyclic) bond motifs is 1. The minimum Gasteiger partial charge on any atom is -0.328 e. The lowest BCUT2D eigenvalue weighted by Crippen LogP contribution is -2.49. The molecule has 47 heavy (non-hydrogen) atoms. The molecule has 3 saturated heterocycles. The van der Waals surface area contributed by atoms with Gasteiger partial charge in [0.25, 0.3) is 0 Å². The van der Waals surface area contributed by atoms with Crippen molar-refractivity contribution in [1.82, 2.24) is 24.3 Å². The van der Waals surface area contributed by atoms with E-state index in [1.165, 1.54) is 20.8 Å². The Morgan fingerprint density at radius 3 is 2.47 bits per heavy atom. The average Bonchev–Trinajstić information content (AvgIpc) is 3.36. The Morgan fingerprint density at radius 1 is 1.06 bits per heavy atom. The highest BCUT2D eigenvalue weighted by molar-refractivity contribution is 7.89. The lowest BCUT2D eigenvalue weighted by molar-refractivity contribution is -0.120. The maximum absolute atomic E-state index is 13.3. The standard InChI is InChI=1S/C33H40N8O4S.ClH/c1-22(17-26-18-28(5-3-25(26)20-34)46(44,45)40-14-9-27(35)10-15-40)21-39-12-7-23(8-13-39)24-4-6-29-30(19-24)38(2)37-32(29)41-16-11-31(42)36-33(41)43;/h3-6,17-19,23,27H,7-16,21,35H2,1-2H3,(H,36,42,43);1H/b22-17+;. The number of nitrogens with one attached hydrogen (secondary N) is 1.